The van der Waals surface area contributed by atoms with Crippen LogP contribution in [-0.2, 0) is 4.74 Å². The highest BCUT2D eigenvalue weighted by Gasteiger charge is 2.15. The van der Waals surface area contributed by atoms with E-state index in [1.807, 2.05) is 26.8 Å². The Bertz CT molecular complexity index is 495. The van der Waals surface area contributed by atoms with Gasteiger partial charge in [0.15, 0.2) is 0 Å². The topological polar surface area (TPSA) is 79.5 Å². The number of rotatable bonds is 5. The van der Waals surface area contributed by atoms with Crippen LogP contribution in [0.3, 0.4) is 0 Å². The Kier molecular flexibility index (Phi) is 6.02. The van der Waals surface area contributed by atoms with Crippen LogP contribution in [0.25, 0.3) is 0 Å². The first-order chi connectivity index (χ1) is 9.81. The van der Waals surface area contributed by atoms with Gasteiger partial charge in [0.25, 0.3) is 5.91 Å². The number of nitrogens with one attached hydrogen (secondary N) is 3. The Morgan fingerprint density at radius 1 is 1.19 bits per heavy atom. The van der Waals surface area contributed by atoms with E-state index in [-0.39, 0.29) is 5.91 Å². The third-order valence-electron chi connectivity index (χ3n) is 2.47. The van der Waals surface area contributed by atoms with Crippen molar-refractivity contribution < 1.29 is 14.3 Å². The lowest BCUT2D eigenvalue weighted by Gasteiger charge is -2.19. The van der Waals surface area contributed by atoms with Gasteiger partial charge >= 0.3 is 6.09 Å². The zero-order valence-electron chi connectivity index (χ0n) is 12.9. The van der Waals surface area contributed by atoms with Crippen LogP contribution in [0.5, 0.6) is 0 Å². The second kappa shape index (κ2) is 7.52. The predicted molar refractivity (Wildman–Crippen MR) is 82.6 cm³/mol. The van der Waals surface area contributed by atoms with Gasteiger partial charge in [0, 0.05) is 31.4 Å². The summed E-state index contributed by atoms with van der Waals surface area (Å²) in [5.74, 6) is -0.134. The maximum absolute atomic E-state index is 11.5. The molecule has 0 fully saturated rings. The fourth-order valence-corrected chi connectivity index (χ4v) is 1.60. The number of ether oxygens (including phenoxy) is 1. The highest BCUT2D eigenvalue weighted by molar-refractivity contribution is 5.94. The number of hydrogen-bond donors (Lipinski definition) is 3. The maximum Gasteiger partial charge on any atom is 0.407 e. The molecule has 0 saturated carbocycles. The maximum atomic E-state index is 11.5. The monoisotopic (exact) mass is 293 g/mol. The summed E-state index contributed by atoms with van der Waals surface area (Å²) in [6, 6.07) is 7.16. The molecule has 21 heavy (non-hydrogen) atoms. The van der Waals surface area contributed by atoms with Gasteiger partial charge in [-0.05, 0) is 39.0 Å². The van der Waals surface area contributed by atoms with Gasteiger partial charge in [-0.25, -0.2) is 4.79 Å². The number of hydrogen-bond acceptors (Lipinski definition) is 4. The van der Waals surface area contributed by atoms with Crippen molar-refractivity contribution in [2.24, 2.45) is 0 Å². The second-order valence-electron chi connectivity index (χ2n) is 5.52. The first-order valence-corrected chi connectivity index (χ1v) is 6.84. The Hall–Kier alpha value is -2.24. The Morgan fingerprint density at radius 2 is 1.90 bits per heavy atom. The Morgan fingerprint density at radius 3 is 2.52 bits per heavy atom. The van der Waals surface area contributed by atoms with Crippen LogP contribution in [0.4, 0.5) is 10.5 Å². The molecule has 2 amide bonds. The summed E-state index contributed by atoms with van der Waals surface area (Å²) in [6.45, 7) is 6.41. The molecule has 6 nitrogen and oxygen atoms in total. The van der Waals surface area contributed by atoms with Gasteiger partial charge in [0.05, 0.1) is 0 Å². The lowest BCUT2D eigenvalue weighted by atomic mass is 10.2. The molecule has 3 N–H and O–H groups in total. The number of carbonyl (C=O) groups is 2. The third kappa shape index (κ3) is 6.65. The van der Waals surface area contributed by atoms with Crippen LogP contribution in [0.15, 0.2) is 24.3 Å². The number of alkyl carbamates (subject to hydrolysis) is 1. The van der Waals surface area contributed by atoms with Crippen LogP contribution in [0.2, 0.25) is 0 Å². The molecule has 1 aromatic rings. The van der Waals surface area contributed by atoms with Crippen molar-refractivity contribution in [2.75, 3.05) is 25.5 Å². The van der Waals surface area contributed by atoms with E-state index in [1.54, 1.807) is 25.2 Å². The standard InChI is InChI=1S/C15H23N3O3/c1-15(2,3)21-14(20)18-9-8-17-12-7-5-6-11(10-12)13(19)16-4/h5-7,10,17H,8-9H2,1-4H3,(H,16,19)(H,18,20). The van der Waals surface area contributed by atoms with Crippen molar-refractivity contribution in [3.63, 3.8) is 0 Å². The van der Waals surface area contributed by atoms with Crippen molar-refractivity contribution in [3.8, 4) is 0 Å². The molecular weight excluding hydrogens is 270 g/mol. The van der Waals surface area contributed by atoms with Gasteiger partial charge in [0.2, 0.25) is 0 Å². The number of benzene rings is 1. The molecule has 0 saturated heterocycles. The molecule has 6 heteroatoms. The molecule has 0 aromatic heterocycles. The summed E-state index contributed by atoms with van der Waals surface area (Å²) < 4.78 is 5.12. The number of carbonyl (C=O) groups excluding carboxylic acids is 2. The molecule has 0 radical (unpaired) electrons. The van der Waals surface area contributed by atoms with E-state index in [9.17, 15) is 9.59 Å². The Balaban J connectivity index is 2.36. The van der Waals surface area contributed by atoms with Gasteiger partial charge in [-0.3, -0.25) is 4.79 Å². The molecule has 0 bridgehead atoms. The smallest absolute Gasteiger partial charge is 0.407 e. The molecule has 0 aliphatic carbocycles. The van der Waals surface area contributed by atoms with E-state index < -0.39 is 11.7 Å². The fourth-order valence-electron chi connectivity index (χ4n) is 1.60. The SMILES string of the molecule is CNC(=O)c1cccc(NCCNC(=O)OC(C)(C)C)c1. The van der Waals surface area contributed by atoms with E-state index in [4.69, 9.17) is 4.74 Å². The normalized spacial score (nSPS) is 10.7. The molecule has 0 atom stereocenters. The molecule has 116 valence electrons. The molecular formula is C15H23N3O3. The first kappa shape index (κ1) is 16.8. The lowest BCUT2D eigenvalue weighted by Crippen LogP contribution is -2.35. The molecule has 0 heterocycles. The minimum Gasteiger partial charge on any atom is -0.444 e. The summed E-state index contributed by atoms with van der Waals surface area (Å²) in [7, 11) is 1.59. The highest BCUT2D eigenvalue weighted by atomic mass is 16.6. The van der Waals surface area contributed by atoms with Gasteiger partial charge in [-0.15, -0.1) is 0 Å². The molecule has 0 aliphatic rings. The highest BCUT2D eigenvalue weighted by Crippen LogP contribution is 2.10. The molecule has 0 aliphatic heterocycles. The summed E-state index contributed by atoms with van der Waals surface area (Å²) in [5.41, 5.74) is 0.906. The van der Waals surface area contributed by atoms with E-state index in [0.717, 1.165) is 5.69 Å². The number of amides is 2. The predicted octanol–water partition coefficient (Wildman–Crippen LogP) is 1.98. The fraction of sp³-hybridized carbons (Fsp3) is 0.467. The van der Waals surface area contributed by atoms with Crippen molar-refractivity contribution in [2.45, 2.75) is 26.4 Å². The molecule has 1 rings (SSSR count). The second-order valence-corrected chi connectivity index (χ2v) is 5.52. The van der Waals surface area contributed by atoms with Crippen LogP contribution in [-0.4, -0.2) is 37.7 Å². The van der Waals surface area contributed by atoms with Crippen molar-refractivity contribution >= 4 is 17.7 Å². The largest absolute Gasteiger partial charge is 0.444 e. The summed E-state index contributed by atoms with van der Waals surface area (Å²) in [5, 5.41) is 8.36. The van der Waals surface area contributed by atoms with Gasteiger partial charge in [-0.2, -0.15) is 0 Å². The van der Waals surface area contributed by atoms with Crippen LogP contribution in [0.1, 0.15) is 31.1 Å². The van der Waals surface area contributed by atoms with Crippen LogP contribution in [0, 0.1) is 0 Å². The summed E-state index contributed by atoms with van der Waals surface area (Å²) in [6.07, 6.45) is -0.441. The van der Waals surface area contributed by atoms with Crippen molar-refractivity contribution in [3.05, 3.63) is 29.8 Å². The first-order valence-electron chi connectivity index (χ1n) is 6.84. The minimum absolute atomic E-state index is 0.134. The van der Waals surface area contributed by atoms with Crippen molar-refractivity contribution in [1.82, 2.24) is 10.6 Å². The van der Waals surface area contributed by atoms with Crippen molar-refractivity contribution in [1.29, 1.82) is 0 Å². The average Bonchev–Trinajstić information content (AvgIpc) is 2.41. The summed E-state index contributed by atoms with van der Waals surface area (Å²) >= 11 is 0. The van der Waals surface area contributed by atoms with E-state index >= 15 is 0 Å². The van der Waals surface area contributed by atoms with Crippen LogP contribution >= 0.6 is 0 Å². The summed E-state index contributed by atoms with van der Waals surface area (Å²) in [4.78, 5) is 22.9. The van der Waals surface area contributed by atoms with E-state index in [0.29, 0.717) is 18.7 Å². The molecule has 1 aromatic carbocycles. The van der Waals surface area contributed by atoms with Gasteiger partial charge in [0.1, 0.15) is 5.60 Å². The lowest BCUT2D eigenvalue weighted by molar-refractivity contribution is 0.0530. The van der Waals surface area contributed by atoms with Gasteiger partial charge in [-0.1, -0.05) is 6.07 Å². The van der Waals surface area contributed by atoms with Gasteiger partial charge < -0.3 is 20.7 Å². The minimum atomic E-state index is -0.501. The van der Waals surface area contributed by atoms with Crippen LogP contribution < -0.4 is 16.0 Å². The quantitative estimate of drug-likeness (QED) is 0.725. The third-order valence-corrected chi connectivity index (χ3v) is 2.47. The zero-order valence-corrected chi connectivity index (χ0v) is 12.9. The van der Waals surface area contributed by atoms with E-state index in [1.165, 1.54) is 0 Å². The zero-order chi connectivity index (χ0) is 15.9. The Labute approximate surface area is 125 Å². The molecule has 0 spiro atoms. The van der Waals surface area contributed by atoms with E-state index in [2.05, 4.69) is 16.0 Å². The number of anilines is 1. The molecule has 0 unspecified atom stereocenters. The average molecular weight is 293 g/mol.